The average molecular weight is 395 g/mol. The monoisotopic (exact) mass is 395 g/mol. The zero-order valence-corrected chi connectivity index (χ0v) is 16.7. The molecule has 1 unspecified atom stereocenters. The maximum absolute atomic E-state index is 12.6. The number of rotatable bonds is 6. The zero-order chi connectivity index (χ0) is 20.4. The highest BCUT2D eigenvalue weighted by Gasteiger charge is 2.23. The lowest BCUT2D eigenvalue weighted by molar-refractivity contribution is -0.117. The van der Waals surface area contributed by atoms with E-state index >= 15 is 0 Å². The number of benzene rings is 2. The molecule has 0 spiro atoms. The summed E-state index contributed by atoms with van der Waals surface area (Å²) in [6.07, 6.45) is 1.47. The van der Waals surface area contributed by atoms with Crippen LogP contribution in [0.4, 0.5) is 5.69 Å². The van der Waals surface area contributed by atoms with Crippen molar-refractivity contribution in [3.8, 4) is 11.5 Å². The molecule has 2 heterocycles. The lowest BCUT2D eigenvalue weighted by Crippen LogP contribution is -2.34. The molecule has 0 bridgehead atoms. The number of carbonyl (C=O) groups is 2. The lowest BCUT2D eigenvalue weighted by Gasteiger charge is -2.25. The third-order valence-electron chi connectivity index (χ3n) is 5.38. The van der Waals surface area contributed by atoms with E-state index in [2.05, 4.69) is 10.2 Å². The van der Waals surface area contributed by atoms with E-state index in [0.29, 0.717) is 18.5 Å². The minimum absolute atomic E-state index is 0.00468. The first-order valence-corrected chi connectivity index (χ1v) is 9.77. The molecule has 0 saturated carbocycles. The number of hydrogen-bond donors (Lipinski definition) is 1. The Morgan fingerprint density at radius 1 is 1.14 bits per heavy atom. The number of fused-ring (bicyclic) bond motifs is 1. The molecule has 2 aromatic rings. The maximum Gasteiger partial charge on any atom is 0.251 e. The minimum atomic E-state index is -0.142. The second-order valence-electron chi connectivity index (χ2n) is 7.50. The van der Waals surface area contributed by atoms with Gasteiger partial charge in [0.25, 0.3) is 5.91 Å². The van der Waals surface area contributed by atoms with Crippen LogP contribution in [-0.4, -0.2) is 50.7 Å². The molecule has 2 amide bonds. The molecule has 2 aromatic carbocycles. The molecule has 7 heteroatoms. The van der Waals surface area contributed by atoms with Crippen molar-refractivity contribution in [2.24, 2.45) is 0 Å². The molecular formula is C22H25N3O4. The largest absolute Gasteiger partial charge is 0.454 e. The zero-order valence-electron chi connectivity index (χ0n) is 16.7. The third kappa shape index (κ3) is 4.05. The highest BCUT2D eigenvalue weighted by Crippen LogP contribution is 2.35. The van der Waals surface area contributed by atoms with Crippen molar-refractivity contribution in [1.82, 2.24) is 10.2 Å². The van der Waals surface area contributed by atoms with Gasteiger partial charge in [-0.15, -0.1) is 0 Å². The number of carbonyl (C=O) groups excluding carboxylic acids is 2. The van der Waals surface area contributed by atoms with Crippen LogP contribution in [0.1, 0.15) is 34.8 Å². The quantitative estimate of drug-likeness (QED) is 0.814. The Balaban J connectivity index is 1.41. The van der Waals surface area contributed by atoms with Crippen molar-refractivity contribution >= 4 is 17.5 Å². The van der Waals surface area contributed by atoms with E-state index < -0.39 is 0 Å². The Morgan fingerprint density at radius 2 is 1.90 bits per heavy atom. The molecule has 7 nitrogen and oxygen atoms in total. The molecule has 29 heavy (non-hydrogen) atoms. The Labute approximate surface area is 170 Å². The Hall–Kier alpha value is -3.06. The number of hydrogen-bond acceptors (Lipinski definition) is 5. The highest BCUT2D eigenvalue weighted by atomic mass is 16.7. The predicted octanol–water partition coefficient (Wildman–Crippen LogP) is 2.57. The summed E-state index contributed by atoms with van der Waals surface area (Å²) in [5.74, 6) is 1.47. The Bertz CT molecular complexity index is 911. The SMILES string of the molecule is CN(C)C(CNC(=O)c1ccc(N2CCCC2=O)cc1)c1ccc2c(c1)OCO2. The van der Waals surface area contributed by atoms with Crippen molar-refractivity contribution in [3.63, 3.8) is 0 Å². The Morgan fingerprint density at radius 3 is 2.59 bits per heavy atom. The number of nitrogens with one attached hydrogen (secondary N) is 1. The molecule has 1 fully saturated rings. The van der Waals surface area contributed by atoms with Gasteiger partial charge in [0, 0.05) is 30.8 Å². The fourth-order valence-electron chi connectivity index (χ4n) is 3.72. The van der Waals surface area contributed by atoms with Crippen LogP contribution in [0.15, 0.2) is 42.5 Å². The summed E-state index contributed by atoms with van der Waals surface area (Å²) in [5, 5.41) is 3.01. The van der Waals surface area contributed by atoms with Crippen LogP contribution in [-0.2, 0) is 4.79 Å². The van der Waals surface area contributed by atoms with Gasteiger partial charge >= 0.3 is 0 Å². The Kier molecular flexibility index (Phi) is 5.40. The van der Waals surface area contributed by atoms with Crippen LogP contribution >= 0.6 is 0 Å². The van der Waals surface area contributed by atoms with Crippen molar-refractivity contribution in [2.45, 2.75) is 18.9 Å². The molecule has 4 rings (SSSR count). The second-order valence-corrected chi connectivity index (χ2v) is 7.50. The first kappa shape index (κ1) is 19.3. The van der Waals surface area contributed by atoms with Gasteiger partial charge in [-0.25, -0.2) is 0 Å². The van der Waals surface area contributed by atoms with Gasteiger partial charge in [0.05, 0.1) is 6.04 Å². The fraction of sp³-hybridized carbons (Fsp3) is 0.364. The van der Waals surface area contributed by atoms with E-state index in [-0.39, 0.29) is 24.6 Å². The smallest absolute Gasteiger partial charge is 0.251 e. The molecular weight excluding hydrogens is 370 g/mol. The summed E-state index contributed by atoms with van der Waals surface area (Å²) < 4.78 is 10.8. The first-order valence-electron chi connectivity index (χ1n) is 9.77. The van der Waals surface area contributed by atoms with Crippen LogP contribution in [0.5, 0.6) is 11.5 Å². The summed E-state index contributed by atoms with van der Waals surface area (Å²) >= 11 is 0. The molecule has 2 aliphatic heterocycles. The molecule has 0 radical (unpaired) electrons. The van der Waals surface area contributed by atoms with Crippen LogP contribution in [0.25, 0.3) is 0 Å². The van der Waals surface area contributed by atoms with Gasteiger partial charge in [0.2, 0.25) is 12.7 Å². The molecule has 0 aliphatic carbocycles. The second kappa shape index (κ2) is 8.13. The summed E-state index contributed by atoms with van der Waals surface area (Å²) in [6, 6.07) is 13.0. The van der Waals surface area contributed by atoms with E-state index in [1.165, 1.54) is 0 Å². The van der Waals surface area contributed by atoms with E-state index in [1.807, 2.05) is 44.4 Å². The number of anilines is 1. The lowest BCUT2D eigenvalue weighted by atomic mass is 10.0. The summed E-state index contributed by atoms with van der Waals surface area (Å²) in [4.78, 5) is 28.3. The van der Waals surface area contributed by atoms with E-state index in [1.54, 1.807) is 17.0 Å². The van der Waals surface area contributed by atoms with Gasteiger partial charge in [-0.1, -0.05) is 6.07 Å². The van der Waals surface area contributed by atoms with E-state index in [4.69, 9.17) is 9.47 Å². The van der Waals surface area contributed by atoms with Crippen molar-refractivity contribution < 1.29 is 19.1 Å². The van der Waals surface area contributed by atoms with Crippen molar-refractivity contribution in [2.75, 3.05) is 38.9 Å². The third-order valence-corrected chi connectivity index (χ3v) is 5.38. The van der Waals surface area contributed by atoms with Crippen LogP contribution in [0, 0.1) is 0 Å². The summed E-state index contributed by atoms with van der Waals surface area (Å²) in [6.45, 7) is 1.43. The van der Waals surface area contributed by atoms with E-state index in [9.17, 15) is 9.59 Å². The van der Waals surface area contributed by atoms with Crippen LogP contribution < -0.4 is 19.7 Å². The maximum atomic E-state index is 12.6. The summed E-state index contributed by atoms with van der Waals surface area (Å²) in [7, 11) is 3.95. The van der Waals surface area contributed by atoms with Gasteiger partial charge in [-0.2, -0.15) is 0 Å². The molecule has 1 atom stereocenters. The van der Waals surface area contributed by atoms with Gasteiger partial charge in [-0.05, 0) is 62.5 Å². The molecule has 1 N–H and O–H groups in total. The predicted molar refractivity (Wildman–Crippen MR) is 109 cm³/mol. The molecule has 152 valence electrons. The highest BCUT2D eigenvalue weighted by molar-refractivity contribution is 5.97. The summed E-state index contributed by atoms with van der Waals surface area (Å²) in [5.41, 5.74) is 2.46. The van der Waals surface area contributed by atoms with E-state index in [0.717, 1.165) is 35.7 Å². The molecule has 1 saturated heterocycles. The fourth-order valence-corrected chi connectivity index (χ4v) is 3.72. The standard InChI is InChI=1S/C22H25N3O4/c1-24(2)18(16-7-10-19-20(12-16)29-14-28-19)13-23-22(27)15-5-8-17(9-6-15)25-11-3-4-21(25)26/h5-10,12,18H,3-4,11,13-14H2,1-2H3,(H,23,27). The number of ether oxygens (including phenoxy) is 2. The van der Waals surface area contributed by atoms with Crippen molar-refractivity contribution in [3.05, 3.63) is 53.6 Å². The normalized spacial score (nSPS) is 16.4. The van der Waals surface area contributed by atoms with Gasteiger partial charge in [-0.3, -0.25) is 9.59 Å². The molecule has 2 aliphatic rings. The van der Waals surface area contributed by atoms with Crippen LogP contribution in [0.2, 0.25) is 0 Å². The van der Waals surface area contributed by atoms with Gasteiger partial charge in [0.15, 0.2) is 11.5 Å². The number of amides is 2. The minimum Gasteiger partial charge on any atom is -0.454 e. The number of nitrogens with zero attached hydrogens (tertiary/aromatic N) is 2. The van der Waals surface area contributed by atoms with Gasteiger partial charge in [0.1, 0.15) is 0 Å². The first-order chi connectivity index (χ1) is 14.0. The molecule has 0 aromatic heterocycles. The topological polar surface area (TPSA) is 71.1 Å². The van der Waals surface area contributed by atoms with Gasteiger partial charge < -0.3 is 24.6 Å². The average Bonchev–Trinajstić information content (AvgIpc) is 3.36. The number of likely N-dealkylation sites (N-methyl/N-ethyl adjacent to an activating group) is 1. The van der Waals surface area contributed by atoms with Crippen LogP contribution in [0.3, 0.4) is 0 Å². The van der Waals surface area contributed by atoms with Crippen molar-refractivity contribution in [1.29, 1.82) is 0 Å².